The maximum atomic E-state index is 3.41. The third-order valence-electron chi connectivity index (χ3n) is 2.37. The summed E-state index contributed by atoms with van der Waals surface area (Å²) in [5.41, 5.74) is 0. The highest BCUT2D eigenvalue weighted by Crippen LogP contribution is 2.03. The normalized spacial score (nSPS) is 13.8. The molecule has 0 aromatic heterocycles. The SMILES string of the molecule is CCCC(CNCC)N(C)CC. The summed E-state index contributed by atoms with van der Waals surface area (Å²) >= 11 is 0. The van der Waals surface area contributed by atoms with Crippen molar-refractivity contribution in [1.29, 1.82) is 0 Å². The number of rotatable bonds is 7. The molecule has 2 nitrogen and oxygen atoms in total. The predicted octanol–water partition coefficient (Wildman–Crippen LogP) is 1.72. The van der Waals surface area contributed by atoms with Crippen LogP contribution in [-0.4, -0.2) is 37.6 Å². The molecule has 0 rings (SSSR count). The van der Waals surface area contributed by atoms with Crippen LogP contribution in [0.3, 0.4) is 0 Å². The van der Waals surface area contributed by atoms with Crippen molar-refractivity contribution in [3.63, 3.8) is 0 Å². The van der Waals surface area contributed by atoms with Gasteiger partial charge in [0.1, 0.15) is 0 Å². The molecule has 0 aliphatic heterocycles. The van der Waals surface area contributed by atoms with Crippen LogP contribution in [-0.2, 0) is 0 Å². The Morgan fingerprint density at radius 1 is 1.25 bits per heavy atom. The summed E-state index contributed by atoms with van der Waals surface area (Å²) in [4.78, 5) is 2.42. The summed E-state index contributed by atoms with van der Waals surface area (Å²) in [5, 5.41) is 3.41. The van der Waals surface area contributed by atoms with Crippen LogP contribution >= 0.6 is 0 Å². The zero-order chi connectivity index (χ0) is 9.40. The van der Waals surface area contributed by atoms with E-state index < -0.39 is 0 Å². The molecule has 1 unspecified atom stereocenters. The van der Waals surface area contributed by atoms with E-state index in [1.807, 2.05) is 0 Å². The number of nitrogens with one attached hydrogen (secondary N) is 1. The number of nitrogens with zero attached hydrogens (tertiary/aromatic N) is 1. The Kier molecular flexibility index (Phi) is 7.51. The molecule has 12 heavy (non-hydrogen) atoms. The zero-order valence-corrected chi connectivity index (χ0v) is 9.06. The molecule has 0 aliphatic rings. The molecule has 1 N–H and O–H groups in total. The van der Waals surface area contributed by atoms with Crippen LogP contribution < -0.4 is 5.32 Å². The third kappa shape index (κ3) is 4.73. The lowest BCUT2D eigenvalue weighted by Crippen LogP contribution is -2.39. The van der Waals surface area contributed by atoms with Crippen LogP contribution in [0.15, 0.2) is 0 Å². The molecule has 0 aliphatic carbocycles. The van der Waals surface area contributed by atoms with E-state index >= 15 is 0 Å². The first-order valence-corrected chi connectivity index (χ1v) is 5.17. The molecule has 1 atom stereocenters. The first-order valence-electron chi connectivity index (χ1n) is 5.17. The van der Waals surface area contributed by atoms with Crippen LogP contribution in [0.5, 0.6) is 0 Å². The molecule has 0 spiro atoms. The third-order valence-corrected chi connectivity index (χ3v) is 2.37. The molecular formula is C10H24N2. The number of likely N-dealkylation sites (N-methyl/N-ethyl adjacent to an activating group) is 2. The molecule has 2 heteroatoms. The highest BCUT2D eigenvalue weighted by atomic mass is 15.1. The second kappa shape index (κ2) is 7.56. The minimum Gasteiger partial charge on any atom is -0.315 e. The van der Waals surface area contributed by atoms with E-state index in [-0.39, 0.29) is 0 Å². The van der Waals surface area contributed by atoms with Crippen molar-refractivity contribution in [1.82, 2.24) is 10.2 Å². The Balaban J connectivity index is 3.68. The van der Waals surface area contributed by atoms with Gasteiger partial charge in [0, 0.05) is 12.6 Å². The Morgan fingerprint density at radius 3 is 2.33 bits per heavy atom. The van der Waals surface area contributed by atoms with Gasteiger partial charge in [0.05, 0.1) is 0 Å². The van der Waals surface area contributed by atoms with Gasteiger partial charge in [-0.1, -0.05) is 27.2 Å². The molecule has 0 aromatic carbocycles. The van der Waals surface area contributed by atoms with Gasteiger partial charge in [-0.3, -0.25) is 0 Å². The van der Waals surface area contributed by atoms with E-state index in [0.29, 0.717) is 0 Å². The van der Waals surface area contributed by atoms with Gasteiger partial charge in [-0.2, -0.15) is 0 Å². The average Bonchev–Trinajstić information content (AvgIpc) is 2.11. The Labute approximate surface area is 77.3 Å². The van der Waals surface area contributed by atoms with Gasteiger partial charge >= 0.3 is 0 Å². The summed E-state index contributed by atoms with van der Waals surface area (Å²) in [6.07, 6.45) is 2.58. The lowest BCUT2D eigenvalue weighted by atomic mass is 10.1. The van der Waals surface area contributed by atoms with E-state index in [0.717, 1.165) is 25.7 Å². The Bertz CT molecular complexity index is 93.8. The molecule has 0 aromatic rings. The van der Waals surface area contributed by atoms with Gasteiger partial charge < -0.3 is 10.2 Å². The van der Waals surface area contributed by atoms with Gasteiger partial charge in [0.15, 0.2) is 0 Å². The summed E-state index contributed by atoms with van der Waals surface area (Å²) in [6, 6.07) is 0.722. The maximum Gasteiger partial charge on any atom is 0.0217 e. The molecule has 0 bridgehead atoms. The Hall–Kier alpha value is -0.0800. The highest BCUT2D eigenvalue weighted by molar-refractivity contribution is 4.69. The minimum atomic E-state index is 0.722. The first-order chi connectivity index (χ1) is 5.76. The van der Waals surface area contributed by atoms with Crippen LogP contribution in [0.2, 0.25) is 0 Å². The maximum absolute atomic E-state index is 3.41. The predicted molar refractivity (Wildman–Crippen MR) is 55.5 cm³/mol. The number of hydrogen-bond acceptors (Lipinski definition) is 2. The molecule has 74 valence electrons. The van der Waals surface area contributed by atoms with Crippen molar-refractivity contribution in [2.45, 2.75) is 39.7 Å². The zero-order valence-electron chi connectivity index (χ0n) is 9.06. The van der Waals surface area contributed by atoms with Gasteiger partial charge in [-0.15, -0.1) is 0 Å². The summed E-state index contributed by atoms with van der Waals surface area (Å²) in [7, 11) is 2.21. The fourth-order valence-electron chi connectivity index (χ4n) is 1.38. The lowest BCUT2D eigenvalue weighted by Gasteiger charge is -2.26. The second-order valence-electron chi connectivity index (χ2n) is 3.32. The van der Waals surface area contributed by atoms with Gasteiger partial charge in [0.2, 0.25) is 0 Å². The summed E-state index contributed by atoms with van der Waals surface area (Å²) in [5.74, 6) is 0. The van der Waals surface area contributed by atoms with Crippen LogP contribution in [0.4, 0.5) is 0 Å². The minimum absolute atomic E-state index is 0.722. The van der Waals surface area contributed by atoms with E-state index in [9.17, 15) is 0 Å². The van der Waals surface area contributed by atoms with Crippen molar-refractivity contribution in [3.05, 3.63) is 0 Å². The van der Waals surface area contributed by atoms with E-state index in [2.05, 4.69) is 38.0 Å². The second-order valence-corrected chi connectivity index (χ2v) is 3.32. The van der Waals surface area contributed by atoms with Gasteiger partial charge in [0.25, 0.3) is 0 Å². The van der Waals surface area contributed by atoms with Gasteiger partial charge in [-0.05, 0) is 26.6 Å². The quantitative estimate of drug-likeness (QED) is 0.629. The van der Waals surface area contributed by atoms with Crippen LogP contribution in [0, 0.1) is 0 Å². The monoisotopic (exact) mass is 172 g/mol. The van der Waals surface area contributed by atoms with Crippen molar-refractivity contribution >= 4 is 0 Å². The van der Waals surface area contributed by atoms with Crippen LogP contribution in [0.1, 0.15) is 33.6 Å². The van der Waals surface area contributed by atoms with Crippen molar-refractivity contribution in [2.75, 3.05) is 26.7 Å². The van der Waals surface area contributed by atoms with E-state index in [4.69, 9.17) is 0 Å². The summed E-state index contributed by atoms with van der Waals surface area (Å²) in [6.45, 7) is 9.99. The fourth-order valence-corrected chi connectivity index (χ4v) is 1.38. The molecule has 0 amide bonds. The van der Waals surface area contributed by atoms with Crippen molar-refractivity contribution in [3.8, 4) is 0 Å². The standard InChI is InChI=1S/C10H24N2/c1-5-8-10(9-11-6-2)12(4)7-3/h10-11H,5-9H2,1-4H3. The number of hydrogen-bond donors (Lipinski definition) is 1. The van der Waals surface area contributed by atoms with E-state index in [1.54, 1.807) is 0 Å². The largest absolute Gasteiger partial charge is 0.315 e. The Morgan fingerprint density at radius 2 is 1.92 bits per heavy atom. The molecular weight excluding hydrogens is 148 g/mol. The topological polar surface area (TPSA) is 15.3 Å². The molecule has 0 saturated carbocycles. The first kappa shape index (κ1) is 11.9. The molecule has 0 saturated heterocycles. The molecule has 0 heterocycles. The lowest BCUT2D eigenvalue weighted by molar-refractivity contribution is 0.234. The summed E-state index contributed by atoms with van der Waals surface area (Å²) < 4.78 is 0. The van der Waals surface area contributed by atoms with Crippen molar-refractivity contribution < 1.29 is 0 Å². The highest BCUT2D eigenvalue weighted by Gasteiger charge is 2.10. The van der Waals surface area contributed by atoms with E-state index in [1.165, 1.54) is 12.8 Å². The molecule has 0 fully saturated rings. The van der Waals surface area contributed by atoms with Crippen molar-refractivity contribution in [2.24, 2.45) is 0 Å². The average molecular weight is 172 g/mol. The smallest absolute Gasteiger partial charge is 0.0217 e. The molecule has 0 radical (unpaired) electrons. The van der Waals surface area contributed by atoms with Gasteiger partial charge in [-0.25, -0.2) is 0 Å². The fraction of sp³-hybridized carbons (Fsp3) is 1.00. The van der Waals surface area contributed by atoms with Crippen LogP contribution in [0.25, 0.3) is 0 Å².